The van der Waals surface area contributed by atoms with Gasteiger partial charge in [0.15, 0.2) is 11.6 Å². The molecule has 4 aromatic rings. The van der Waals surface area contributed by atoms with Gasteiger partial charge in [0, 0.05) is 48.4 Å². The molecule has 2 N–H and O–H groups in total. The van der Waals surface area contributed by atoms with Crippen LogP contribution >= 0.6 is 0 Å². The van der Waals surface area contributed by atoms with E-state index in [1.165, 1.54) is 11.6 Å². The number of nitrogens with one attached hydrogen (secondary N) is 1. The lowest BCUT2D eigenvalue weighted by Gasteiger charge is -2.31. The lowest BCUT2D eigenvalue weighted by molar-refractivity contribution is 0.0984. The second kappa shape index (κ2) is 12.1. The molecule has 1 saturated heterocycles. The quantitative estimate of drug-likeness (QED) is 0.217. The molecule has 1 aliphatic heterocycles. The van der Waals surface area contributed by atoms with Crippen molar-refractivity contribution in [3.8, 4) is 0 Å². The average molecular weight is 561 g/mol. The van der Waals surface area contributed by atoms with Gasteiger partial charge < -0.3 is 15.3 Å². The summed E-state index contributed by atoms with van der Waals surface area (Å²) in [4.78, 5) is 27.9. The molecule has 1 aliphatic carbocycles. The highest BCUT2D eigenvalue weighted by atomic mass is 19.1. The monoisotopic (exact) mass is 560 g/mol. The molecule has 0 spiro atoms. The number of aliphatic hydroxyl groups is 1. The number of benzene rings is 4. The topological polar surface area (TPSA) is 69.6 Å². The maximum Gasteiger partial charge on any atom is 0.167 e. The standard InChI is InChI=1S/C36H33FN2O3/c37-33-20-25(22-35(41)27-9-13-31(14-10-27)39-18-16-32(40)17-19-39)6-15-34(33)38-30-11-4-24(5-12-30)21-36(42)29-8-7-26-2-1-3-28(26)23-29/h1,3-15,20,23,32,38,40H,2,16-19,21-22H2. The summed E-state index contributed by atoms with van der Waals surface area (Å²) in [6.07, 6.45) is 6.74. The molecular formula is C36H33FN2O3. The summed E-state index contributed by atoms with van der Waals surface area (Å²) in [7, 11) is 0. The Morgan fingerprint density at radius 3 is 2.21 bits per heavy atom. The molecule has 1 heterocycles. The molecular weight excluding hydrogens is 527 g/mol. The first-order valence-corrected chi connectivity index (χ1v) is 14.4. The molecule has 42 heavy (non-hydrogen) atoms. The Kier molecular flexibility index (Phi) is 7.97. The number of anilines is 3. The lowest BCUT2D eigenvalue weighted by atomic mass is 9.99. The van der Waals surface area contributed by atoms with E-state index in [0.717, 1.165) is 49.2 Å². The predicted molar refractivity (Wildman–Crippen MR) is 165 cm³/mol. The van der Waals surface area contributed by atoms with Crippen molar-refractivity contribution in [1.29, 1.82) is 0 Å². The van der Waals surface area contributed by atoms with Crippen molar-refractivity contribution in [2.75, 3.05) is 23.3 Å². The summed E-state index contributed by atoms with van der Waals surface area (Å²) in [6.45, 7) is 1.59. The number of fused-ring (bicyclic) bond motifs is 1. The first-order valence-electron chi connectivity index (χ1n) is 14.4. The molecule has 0 atom stereocenters. The predicted octanol–water partition coefficient (Wildman–Crippen LogP) is 6.95. The van der Waals surface area contributed by atoms with E-state index in [1.54, 1.807) is 12.1 Å². The van der Waals surface area contributed by atoms with Crippen LogP contribution < -0.4 is 10.2 Å². The molecule has 1 fully saturated rings. The zero-order chi connectivity index (χ0) is 29.1. The van der Waals surface area contributed by atoms with Gasteiger partial charge in [-0.3, -0.25) is 9.59 Å². The molecule has 0 aromatic heterocycles. The Morgan fingerprint density at radius 1 is 0.810 bits per heavy atom. The van der Waals surface area contributed by atoms with E-state index in [1.807, 2.05) is 66.7 Å². The number of nitrogens with zero attached hydrogens (tertiary/aromatic N) is 1. The van der Waals surface area contributed by atoms with Gasteiger partial charge >= 0.3 is 0 Å². The van der Waals surface area contributed by atoms with Gasteiger partial charge in [0.25, 0.3) is 0 Å². The van der Waals surface area contributed by atoms with Crippen molar-refractivity contribution in [2.45, 2.75) is 38.2 Å². The normalized spacial score (nSPS) is 14.6. The molecule has 0 amide bonds. The maximum atomic E-state index is 15.0. The van der Waals surface area contributed by atoms with Crippen LogP contribution in [-0.2, 0) is 19.3 Å². The van der Waals surface area contributed by atoms with E-state index in [2.05, 4.69) is 22.4 Å². The third kappa shape index (κ3) is 6.34. The molecule has 0 unspecified atom stereocenters. The summed E-state index contributed by atoms with van der Waals surface area (Å²) >= 11 is 0. The Labute approximate surface area is 245 Å². The van der Waals surface area contributed by atoms with E-state index in [0.29, 0.717) is 34.5 Å². The number of allylic oxidation sites excluding steroid dienone is 1. The number of aliphatic hydroxyl groups excluding tert-OH is 1. The van der Waals surface area contributed by atoms with E-state index >= 15 is 0 Å². The summed E-state index contributed by atoms with van der Waals surface area (Å²) in [5, 5.41) is 12.8. The number of halogens is 1. The molecule has 6 heteroatoms. The van der Waals surface area contributed by atoms with Crippen LogP contribution in [0.15, 0.2) is 91.0 Å². The first-order chi connectivity index (χ1) is 20.4. The fourth-order valence-electron chi connectivity index (χ4n) is 5.61. The van der Waals surface area contributed by atoms with E-state index in [-0.39, 0.29) is 24.1 Å². The highest BCUT2D eigenvalue weighted by Gasteiger charge is 2.18. The van der Waals surface area contributed by atoms with Gasteiger partial charge in [0.2, 0.25) is 0 Å². The molecule has 0 saturated carbocycles. The van der Waals surface area contributed by atoms with Crippen LogP contribution in [0.5, 0.6) is 0 Å². The SMILES string of the molecule is O=C(Cc1ccc(Nc2ccc(CC(=O)c3ccc4c(c3)C=CC4)cc2)c(F)c1)c1ccc(N2CCC(O)CC2)cc1. The first kappa shape index (κ1) is 27.6. The summed E-state index contributed by atoms with van der Waals surface area (Å²) in [5.41, 5.74) is 7.21. The number of piperidine rings is 1. The summed E-state index contributed by atoms with van der Waals surface area (Å²) < 4.78 is 15.0. The Bertz CT molecular complexity index is 1640. The van der Waals surface area contributed by atoms with Crippen LogP contribution in [-0.4, -0.2) is 35.9 Å². The lowest BCUT2D eigenvalue weighted by Crippen LogP contribution is -2.35. The van der Waals surface area contributed by atoms with Gasteiger partial charge in [-0.15, -0.1) is 0 Å². The molecule has 6 rings (SSSR count). The van der Waals surface area contributed by atoms with Gasteiger partial charge in [0.1, 0.15) is 5.82 Å². The number of carbonyl (C=O) groups excluding carboxylic acids is 2. The highest BCUT2D eigenvalue weighted by molar-refractivity contribution is 5.98. The number of ketones is 2. The highest BCUT2D eigenvalue weighted by Crippen LogP contribution is 2.25. The van der Waals surface area contributed by atoms with E-state index in [4.69, 9.17) is 0 Å². The molecule has 0 bridgehead atoms. The molecule has 212 valence electrons. The number of carbonyl (C=O) groups is 2. The third-order valence-electron chi connectivity index (χ3n) is 8.12. The summed E-state index contributed by atoms with van der Waals surface area (Å²) in [6, 6.07) is 25.6. The Balaban J connectivity index is 1.04. The largest absolute Gasteiger partial charge is 0.393 e. The van der Waals surface area contributed by atoms with Gasteiger partial charge in [-0.1, -0.05) is 42.5 Å². The second-order valence-electron chi connectivity index (χ2n) is 11.1. The number of hydrogen-bond acceptors (Lipinski definition) is 5. The zero-order valence-corrected chi connectivity index (χ0v) is 23.4. The van der Waals surface area contributed by atoms with Crippen molar-refractivity contribution in [3.63, 3.8) is 0 Å². The molecule has 0 radical (unpaired) electrons. The fourth-order valence-corrected chi connectivity index (χ4v) is 5.61. The zero-order valence-electron chi connectivity index (χ0n) is 23.4. The minimum absolute atomic E-state index is 0.0636. The van der Waals surface area contributed by atoms with Crippen molar-refractivity contribution in [1.82, 2.24) is 0 Å². The van der Waals surface area contributed by atoms with Crippen molar-refractivity contribution in [3.05, 3.63) is 130 Å². The van der Waals surface area contributed by atoms with Gasteiger partial charge in [-0.2, -0.15) is 0 Å². The number of hydrogen-bond donors (Lipinski definition) is 2. The van der Waals surface area contributed by atoms with Crippen molar-refractivity contribution >= 4 is 34.7 Å². The number of rotatable bonds is 9. The van der Waals surface area contributed by atoms with Gasteiger partial charge in [0.05, 0.1) is 11.8 Å². The van der Waals surface area contributed by atoms with E-state index < -0.39 is 5.82 Å². The van der Waals surface area contributed by atoms with Crippen LogP contribution in [0.2, 0.25) is 0 Å². The second-order valence-corrected chi connectivity index (χ2v) is 11.1. The Hall–Kier alpha value is -4.55. The van der Waals surface area contributed by atoms with Crippen LogP contribution in [0.1, 0.15) is 55.8 Å². The average Bonchev–Trinajstić information content (AvgIpc) is 3.48. The fraction of sp³-hybridized carbons (Fsp3) is 0.222. The Morgan fingerprint density at radius 2 is 1.48 bits per heavy atom. The minimum atomic E-state index is -0.437. The van der Waals surface area contributed by atoms with Crippen molar-refractivity contribution < 1.29 is 19.1 Å². The summed E-state index contributed by atoms with van der Waals surface area (Å²) in [5.74, 6) is -0.446. The minimum Gasteiger partial charge on any atom is -0.393 e. The molecule has 2 aliphatic rings. The van der Waals surface area contributed by atoms with Crippen LogP contribution in [0.4, 0.5) is 21.5 Å². The van der Waals surface area contributed by atoms with Gasteiger partial charge in [-0.25, -0.2) is 4.39 Å². The molecule has 4 aromatic carbocycles. The molecule has 5 nitrogen and oxygen atoms in total. The van der Waals surface area contributed by atoms with Crippen LogP contribution in [0.25, 0.3) is 6.08 Å². The van der Waals surface area contributed by atoms with Crippen LogP contribution in [0, 0.1) is 5.82 Å². The van der Waals surface area contributed by atoms with E-state index in [9.17, 15) is 19.1 Å². The van der Waals surface area contributed by atoms with Crippen LogP contribution in [0.3, 0.4) is 0 Å². The number of Topliss-reactive ketones (excluding diaryl/α,β-unsaturated/α-hetero) is 2. The third-order valence-corrected chi connectivity index (χ3v) is 8.12. The smallest absolute Gasteiger partial charge is 0.167 e. The van der Waals surface area contributed by atoms with Gasteiger partial charge in [-0.05, 0) is 96.1 Å². The maximum absolute atomic E-state index is 15.0. The van der Waals surface area contributed by atoms with Crippen molar-refractivity contribution in [2.24, 2.45) is 0 Å².